The van der Waals surface area contributed by atoms with Gasteiger partial charge in [-0.2, -0.15) is 0 Å². The zero-order valence-electron chi connectivity index (χ0n) is 14.1. The Hall–Kier alpha value is -3.18. The molecule has 130 valence electrons. The number of aromatic carboxylic acids is 2. The van der Waals surface area contributed by atoms with Crippen LogP contribution in [0.15, 0.2) is 66.7 Å². The van der Waals surface area contributed by atoms with Crippen molar-refractivity contribution in [2.24, 2.45) is 5.73 Å². The van der Waals surface area contributed by atoms with E-state index in [1.165, 1.54) is 42.9 Å². The maximum atomic E-state index is 10.6. The molecule has 0 radical (unpaired) electrons. The Morgan fingerprint density at radius 2 is 1.00 bits per heavy atom. The molecule has 0 spiro atoms. The molecule has 0 bridgehead atoms. The van der Waals surface area contributed by atoms with Crippen LogP contribution in [-0.2, 0) is 0 Å². The molecule has 3 rings (SSSR count). The number of hydrogen-bond donors (Lipinski definition) is 3. The normalized spacial score (nSPS) is 9.24. The average Bonchev–Trinajstić information content (AvgIpc) is 2.64. The van der Waals surface area contributed by atoms with Crippen molar-refractivity contribution in [1.82, 2.24) is 0 Å². The van der Waals surface area contributed by atoms with Gasteiger partial charge >= 0.3 is 11.9 Å². The highest BCUT2D eigenvalue weighted by molar-refractivity contribution is 5.96. The molecular formula is C20H21NO4. The summed E-state index contributed by atoms with van der Waals surface area (Å²) in [6.07, 6.45) is 0. The van der Waals surface area contributed by atoms with Crippen LogP contribution >= 0.6 is 0 Å². The molecule has 4 N–H and O–H groups in total. The predicted molar refractivity (Wildman–Crippen MR) is 99.2 cm³/mol. The number of fused-ring (bicyclic) bond motifs is 1. The van der Waals surface area contributed by atoms with Gasteiger partial charge in [-0.15, -0.1) is 0 Å². The first kappa shape index (κ1) is 19.9. The first-order valence-corrected chi connectivity index (χ1v) is 7.58. The highest BCUT2D eigenvalue weighted by atomic mass is 16.4. The van der Waals surface area contributed by atoms with Gasteiger partial charge in [0.25, 0.3) is 0 Å². The molecule has 3 aromatic rings. The van der Waals surface area contributed by atoms with Crippen molar-refractivity contribution in [3.05, 3.63) is 83.4 Å². The van der Waals surface area contributed by atoms with Gasteiger partial charge in [-0.1, -0.05) is 54.6 Å². The molecule has 0 aliphatic carbocycles. The van der Waals surface area contributed by atoms with Crippen LogP contribution in [0.2, 0.25) is 0 Å². The summed E-state index contributed by atoms with van der Waals surface area (Å²) in [7, 11) is 1.50. The van der Waals surface area contributed by atoms with Crippen LogP contribution in [0.25, 0.3) is 10.8 Å². The van der Waals surface area contributed by atoms with E-state index in [-0.39, 0.29) is 16.7 Å². The fourth-order valence-electron chi connectivity index (χ4n) is 2.23. The van der Waals surface area contributed by atoms with E-state index in [0.717, 1.165) is 0 Å². The molecule has 0 aliphatic heterocycles. The van der Waals surface area contributed by atoms with Crippen LogP contribution in [-0.4, -0.2) is 29.2 Å². The van der Waals surface area contributed by atoms with Crippen LogP contribution in [0.3, 0.4) is 0 Å². The highest BCUT2D eigenvalue weighted by Gasteiger charge is 2.13. The highest BCUT2D eigenvalue weighted by Crippen LogP contribution is 2.13. The molecule has 5 heteroatoms. The number of carbonyl (C=O) groups is 2. The second kappa shape index (κ2) is 9.85. The summed E-state index contributed by atoms with van der Waals surface area (Å²) < 4.78 is 0. The smallest absolute Gasteiger partial charge is 0.335 e. The maximum Gasteiger partial charge on any atom is 0.335 e. The molecule has 0 unspecified atom stereocenters. The van der Waals surface area contributed by atoms with E-state index in [9.17, 15) is 9.59 Å². The van der Waals surface area contributed by atoms with Crippen molar-refractivity contribution < 1.29 is 19.8 Å². The average molecular weight is 339 g/mol. The van der Waals surface area contributed by atoms with Crippen LogP contribution < -0.4 is 5.73 Å². The third-order valence-corrected chi connectivity index (χ3v) is 3.45. The minimum Gasteiger partial charge on any atom is -0.478 e. The van der Waals surface area contributed by atoms with Gasteiger partial charge in [0.1, 0.15) is 0 Å². The number of carboxylic acid groups (broad SMARTS) is 2. The first-order valence-electron chi connectivity index (χ1n) is 7.58. The zero-order chi connectivity index (χ0) is 18.8. The fourth-order valence-corrected chi connectivity index (χ4v) is 2.23. The molecule has 0 saturated carbocycles. The van der Waals surface area contributed by atoms with Gasteiger partial charge in [0.2, 0.25) is 0 Å². The molecular weight excluding hydrogens is 318 g/mol. The molecule has 0 aliphatic rings. The minimum atomic E-state index is -1.11. The SMILES string of the molecule is CN.Cc1c(C(=O)O)cccc1C(=O)O.c1ccc2ccccc2c1. The zero-order valence-corrected chi connectivity index (χ0v) is 14.1. The Morgan fingerprint density at radius 1 is 0.680 bits per heavy atom. The lowest BCUT2D eigenvalue weighted by Gasteiger charge is -2.03. The van der Waals surface area contributed by atoms with E-state index in [4.69, 9.17) is 10.2 Å². The van der Waals surface area contributed by atoms with Crippen molar-refractivity contribution in [2.75, 3.05) is 7.05 Å². The fraction of sp³-hybridized carbons (Fsp3) is 0.100. The summed E-state index contributed by atoms with van der Waals surface area (Å²) in [5.41, 5.74) is 4.84. The summed E-state index contributed by atoms with van der Waals surface area (Å²) in [4.78, 5) is 21.2. The van der Waals surface area contributed by atoms with E-state index in [1.54, 1.807) is 0 Å². The third kappa shape index (κ3) is 5.44. The second-order valence-electron chi connectivity index (χ2n) is 4.94. The third-order valence-electron chi connectivity index (χ3n) is 3.45. The Bertz CT molecular complexity index is 761. The Balaban J connectivity index is 0.000000233. The molecule has 0 amide bonds. The molecule has 3 aromatic carbocycles. The van der Waals surface area contributed by atoms with Gasteiger partial charge < -0.3 is 15.9 Å². The van der Waals surface area contributed by atoms with Crippen molar-refractivity contribution in [3.8, 4) is 0 Å². The van der Waals surface area contributed by atoms with Gasteiger partial charge in [-0.05, 0) is 42.4 Å². The summed E-state index contributed by atoms with van der Waals surface area (Å²) >= 11 is 0. The van der Waals surface area contributed by atoms with Gasteiger partial charge in [-0.25, -0.2) is 9.59 Å². The molecule has 0 atom stereocenters. The Kier molecular flexibility index (Phi) is 7.82. The van der Waals surface area contributed by atoms with Crippen LogP contribution in [0, 0.1) is 6.92 Å². The maximum absolute atomic E-state index is 10.6. The Morgan fingerprint density at radius 3 is 1.28 bits per heavy atom. The molecule has 0 heterocycles. The van der Waals surface area contributed by atoms with Crippen LogP contribution in [0.1, 0.15) is 26.3 Å². The van der Waals surface area contributed by atoms with Crippen molar-refractivity contribution in [3.63, 3.8) is 0 Å². The molecule has 0 saturated heterocycles. The molecule has 0 fully saturated rings. The van der Waals surface area contributed by atoms with Gasteiger partial charge in [0, 0.05) is 0 Å². The number of nitrogens with two attached hydrogens (primary N) is 1. The Labute approximate surface area is 146 Å². The lowest BCUT2D eigenvalue weighted by molar-refractivity contribution is 0.0696. The second-order valence-corrected chi connectivity index (χ2v) is 4.94. The topological polar surface area (TPSA) is 101 Å². The van der Waals surface area contributed by atoms with Crippen molar-refractivity contribution in [2.45, 2.75) is 6.92 Å². The van der Waals surface area contributed by atoms with Gasteiger partial charge in [0.15, 0.2) is 0 Å². The minimum absolute atomic E-state index is 0.0277. The standard InChI is InChI=1S/C10H8.C9H8O4.CH5N/c1-2-6-10-8-4-3-7-9(10)5-1;1-5-6(8(10)11)3-2-4-7(5)9(12)13;1-2/h1-8H;2-4H,1H3,(H,10,11)(H,12,13);2H2,1H3. The summed E-state index contributed by atoms with van der Waals surface area (Å²) in [5, 5.41) is 20.0. The number of carboxylic acids is 2. The lowest BCUT2D eigenvalue weighted by atomic mass is 10.0. The first-order chi connectivity index (χ1) is 12.0. The van der Waals surface area contributed by atoms with Crippen LogP contribution in [0.5, 0.6) is 0 Å². The van der Waals surface area contributed by atoms with E-state index >= 15 is 0 Å². The summed E-state index contributed by atoms with van der Waals surface area (Å²) in [6, 6.07) is 20.9. The van der Waals surface area contributed by atoms with Crippen molar-refractivity contribution >= 4 is 22.7 Å². The number of rotatable bonds is 2. The lowest BCUT2D eigenvalue weighted by Crippen LogP contribution is -2.06. The summed E-state index contributed by atoms with van der Waals surface area (Å²) in [5.74, 6) is -2.22. The number of hydrogen-bond acceptors (Lipinski definition) is 3. The van der Waals surface area contributed by atoms with E-state index in [0.29, 0.717) is 0 Å². The van der Waals surface area contributed by atoms with E-state index < -0.39 is 11.9 Å². The van der Waals surface area contributed by atoms with E-state index in [1.807, 2.05) is 0 Å². The van der Waals surface area contributed by atoms with Gasteiger partial charge in [0.05, 0.1) is 11.1 Å². The van der Waals surface area contributed by atoms with E-state index in [2.05, 4.69) is 54.3 Å². The molecule has 0 aromatic heterocycles. The largest absolute Gasteiger partial charge is 0.478 e. The monoisotopic (exact) mass is 339 g/mol. The van der Waals surface area contributed by atoms with Gasteiger partial charge in [-0.3, -0.25) is 0 Å². The number of benzene rings is 3. The predicted octanol–water partition coefficient (Wildman–Crippen LogP) is 3.81. The van der Waals surface area contributed by atoms with Crippen LogP contribution in [0.4, 0.5) is 0 Å². The quantitative estimate of drug-likeness (QED) is 0.659. The molecule has 25 heavy (non-hydrogen) atoms. The summed E-state index contributed by atoms with van der Waals surface area (Å²) in [6.45, 7) is 1.48. The van der Waals surface area contributed by atoms with Crippen molar-refractivity contribution in [1.29, 1.82) is 0 Å². The molecule has 5 nitrogen and oxygen atoms in total.